The monoisotopic (exact) mass is 216 g/mol. The van der Waals surface area contributed by atoms with Crippen LogP contribution in [0.15, 0.2) is 36.4 Å². The highest BCUT2D eigenvalue weighted by Crippen LogP contribution is 2.62. The summed E-state index contributed by atoms with van der Waals surface area (Å²) in [4.78, 5) is 9.86. The molecule has 2 rings (SSSR count). The topological polar surface area (TPSA) is 43.1 Å². The highest BCUT2D eigenvalue weighted by molar-refractivity contribution is 5.48. The van der Waals surface area contributed by atoms with Crippen LogP contribution in [0.4, 0.5) is 0 Å². The number of nitro groups is 1. The first-order valence-electron chi connectivity index (χ1n) is 5.20. The molecule has 1 aromatic carbocycles. The lowest BCUT2D eigenvalue weighted by molar-refractivity contribution is -0.429. The van der Waals surface area contributed by atoms with Crippen molar-refractivity contribution in [2.45, 2.75) is 19.8 Å². The zero-order valence-electron chi connectivity index (χ0n) is 9.43. The van der Waals surface area contributed by atoms with Crippen molar-refractivity contribution in [1.82, 2.24) is 0 Å². The molecule has 0 aliphatic heterocycles. The minimum Gasteiger partial charge on any atom is -0.271 e. The van der Waals surface area contributed by atoms with E-state index in [-0.39, 0.29) is 5.41 Å². The van der Waals surface area contributed by atoms with E-state index in [1.54, 1.807) is 12.1 Å². The Kier molecular flexibility index (Phi) is 2.26. The largest absolute Gasteiger partial charge is 0.271 e. The minimum absolute atomic E-state index is 0.175. The first-order chi connectivity index (χ1) is 7.43. The highest BCUT2D eigenvalue weighted by atomic mass is 16.6. The van der Waals surface area contributed by atoms with E-state index in [4.69, 9.17) is 0 Å². The third-order valence-corrected chi connectivity index (χ3v) is 3.34. The van der Waals surface area contributed by atoms with E-state index in [1.165, 1.54) is 11.1 Å². The van der Waals surface area contributed by atoms with E-state index in [2.05, 4.69) is 20.4 Å². The van der Waals surface area contributed by atoms with Gasteiger partial charge in [0.25, 0.3) is 0 Å². The molecule has 0 spiro atoms. The zero-order chi connectivity index (χ0) is 11.9. The summed E-state index contributed by atoms with van der Waals surface area (Å²) >= 11 is 0. The summed E-state index contributed by atoms with van der Waals surface area (Å²) in [5.74, 6) is 0.400. The van der Waals surface area contributed by atoms with Crippen LogP contribution in [0.3, 0.4) is 0 Å². The summed E-state index contributed by atoms with van der Waals surface area (Å²) in [6.45, 7) is 9.37. The van der Waals surface area contributed by atoms with Crippen LogP contribution >= 0.6 is 0 Å². The molecule has 0 aromatic heterocycles. The SMILES string of the molecule is C=C1C(c2ccc([CH-][N+](=O)[O-])cc2)C1(C)C. The van der Waals surface area contributed by atoms with Crippen molar-refractivity contribution in [2.24, 2.45) is 5.41 Å². The molecule has 3 nitrogen and oxygen atoms in total. The Hall–Kier alpha value is -1.77. The molecule has 0 radical (unpaired) electrons. The summed E-state index contributed by atoms with van der Waals surface area (Å²) in [5.41, 5.74) is 3.22. The van der Waals surface area contributed by atoms with Crippen molar-refractivity contribution in [2.75, 3.05) is 0 Å². The molecule has 16 heavy (non-hydrogen) atoms. The summed E-state index contributed by atoms with van der Waals surface area (Å²) in [5, 5.41) is 10.3. The zero-order valence-corrected chi connectivity index (χ0v) is 9.43. The lowest BCUT2D eigenvalue weighted by atomic mass is 10.0. The molecular formula is C13H14NO2-. The fraction of sp³-hybridized carbons (Fsp3) is 0.308. The number of hydrogen-bond acceptors (Lipinski definition) is 2. The molecule has 0 saturated heterocycles. The second kappa shape index (κ2) is 3.37. The van der Waals surface area contributed by atoms with Gasteiger partial charge >= 0.3 is 0 Å². The second-order valence-corrected chi connectivity index (χ2v) is 4.76. The maximum Gasteiger partial charge on any atom is 0.136 e. The summed E-state index contributed by atoms with van der Waals surface area (Å²) in [7, 11) is 0. The van der Waals surface area contributed by atoms with Gasteiger partial charge in [-0.05, 0) is 10.3 Å². The van der Waals surface area contributed by atoms with Gasteiger partial charge < -0.3 is 0 Å². The summed E-state index contributed by atoms with van der Waals surface area (Å²) < 4.78 is 0. The minimum atomic E-state index is -0.436. The predicted octanol–water partition coefficient (Wildman–Crippen LogP) is 3.15. The van der Waals surface area contributed by atoms with Gasteiger partial charge in [0.15, 0.2) is 0 Å². The number of hydrogen-bond donors (Lipinski definition) is 0. The average molecular weight is 216 g/mol. The molecule has 1 saturated carbocycles. The average Bonchev–Trinajstić information content (AvgIpc) is 2.67. The second-order valence-electron chi connectivity index (χ2n) is 4.76. The fourth-order valence-corrected chi connectivity index (χ4v) is 2.15. The Balaban J connectivity index is 2.15. The van der Waals surface area contributed by atoms with Crippen LogP contribution in [0.2, 0.25) is 0 Å². The molecule has 1 unspecified atom stereocenters. The van der Waals surface area contributed by atoms with Crippen LogP contribution in [-0.2, 0) is 0 Å². The van der Waals surface area contributed by atoms with E-state index >= 15 is 0 Å². The Morgan fingerprint density at radius 2 is 1.88 bits per heavy atom. The van der Waals surface area contributed by atoms with Crippen molar-refractivity contribution in [3.05, 3.63) is 64.2 Å². The van der Waals surface area contributed by atoms with Crippen LogP contribution in [0.5, 0.6) is 0 Å². The van der Waals surface area contributed by atoms with Gasteiger partial charge in [-0.3, -0.25) is 10.1 Å². The van der Waals surface area contributed by atoms with Crippen LogP contribution < -0.4 is 0 Å². The summed E-state index contributed by atoms with van der Waals surface area (Å²) in [6.07, 6.45) is 0. The molecule has 1 atom stereocenters. The van der Waals surface area contributed by atoms with Crippen LogP contribution in [0, 0.1) is 22.1 Å². The van der Waals surface area contributed by atoms with Gasteiger partial charge in [-0.25, -0.2) is 0 Å². The standard InChI is InChI=1S/C13H14NO2/c1-9-12(13(9,2)3)11-6-4-10(5-7-11)8-14(15)16/h4-8,12H,1H2,2-3H3/q-1. The molecule has 0 amide bonds. The molecule has 1 aromatic rings. The van der Waals surface area contributed by atoms with Gasteiger partial charge in [0.05, 0.1) is 0 Å². The third-order valence-electron chi connectivity index (χ3n) is 3.34. The molecule has 0 N–H and O–H groups in total. The Morgan fingerprint density at radius 3 is 2.25 bits per heavy atom. The lowest BCUT2D eigenvalue weighted by Gasteiger charge is -2.07. The molecule has 1 aliphatic rings. The third kappa shape index (κ3) is 1.69. The lowest BCUT2D eigenvalue weighted by Crippen LogP contribution is -1.95. The molecule has 1 fully saturated rings. The summed E-state index contributed by atoms with van der Waals surface area (Å²) in [6, 6.07) is 7.44. The van der Waals surface area contributed by atoms with Gasteiger partial charge in [0, 0.05) is 5.92 Å². The molecule has 0 heterocycles. The van der Waals surface area contributed by atoms with Gasteiger partial charge in [-0.2, -0.15) is 12.1 Å². The van der Waals surface area contributed by atoms with E-state index in [0.29, 0.717) is 11.5 Å². The first kappa shape index (κ1) is 10.7. The van der Waals surface area contributed by atoms with Crippen LogP contribution in [-0.4, -0.2) is 4.92 Å². The molecule has 3 heteroatoms. The van der Waals surface area contributed by atoms with Crippen molar-refractivity contribution < 1.29 is 4.92 Å². The number of nitrogens with zero attached hydrogens (tertiary/aromatic N) is 1. The van der Waals surface area contributed by atoms with Crippen molar-refractivity contribution in [3.63, 3.8) is 0 Å². The Labute approximate surface area is 94.9 Å². The molecular weight excluding hydrogens is 202 g/mol. The Bertz CT molecular complexity index is 446. The van der Waals surface area contributed by atoms with Gasteiger partial charge in [0.1, 0.15) is 6.54 Å². The van der Waals surface area contributed by atoms with Crippen molar-refractivity contribution in [1.29, 1.82) is 0 Å². The fourth-order valence-electron chi connectivity index (χ4n) is 2.15. The Morgan fingerprint density at radius 1 is 1.38 bits per heavy atom. The molecule has 0 bridgehead atoms. The van der Waals surface area contributed by atoms with Gasteiger partial charge in [-0.15, -0.1) is 17.7 Å². The van der Waals surface area contributed by atoms with Crippen molar-refractivity contribution >= 4 is 0 Å². The van der Waals surface area contributed by atoms with E-state index in [9.17, 15) is 10.1 Å². The molecule has 1 aliphatic carbocycles. The van der Waals surface area contributed by atoms with Crippen LogP contribution in [0.25, 0.3) is 0 Å². The normalized spacial score (nSPS) is 21.6. The van der Waals surface area contributed by atoms with Gasteiger partial charge in [0.2, 0.25) is 0 Å². The van der Waals surface area contributed by atoms with Gasteiger partial charge in [-0.1, -0.05) is 31.6 Å². The molecule has 84 valence electrons. The number of rotatable bonds is 3. The smallest absolute Gasteiger partial charge is 0.136 e. The highest BCUT2D eigenvalue weighted by Gasteiger charge is 2.50. The predicted molar refractivity (Wildman–Crippen MR) is 62.5 cm³/mol. The number of allylic oxidation sites excluding steroid dienone is 1. The van der Waals surface area contributed by atoms with E-state index in [1.807, 2.05) is 12.1 Å². The van der Waals surface area contributed by atoms with E-state index in [0.717, 1.165) is 6.54 Å². The van der Waals surface area contributed by atoms with Crippen molar-refractivity contribution in [3.8, 4) is 0 Å². The van der Waals surface area contributed by atoms with E-state index < -0.39 is 4.92 Å². The van der Waals surface area contributed by atoms with Crippen LogP contribution in [0.1, 0.15) is 30.9 Å². The first-order valence-corrected chi connectivity index (χ1v) is 5.20. The maximum absolute atomic E-state index is 10.3. The number of benzene rings is 1. The quantitative estimate of drug-likeness (QED) is 0.337. The maximum atomic E-state index is 10.3.